The van der Waals surface area contributed by atoms with Crippen molar-refractivity contribution in [2.75, 3.05) is 12.8 Å². The van der Waals surface area contributed by atoms with Crippen molar-refractivity contribution in [1.29, 1.82) is 0 Å². The first-order valence-electron chi connectivity index (χ1n) is 6.81. The van der Waals surface area contributed by atoms with E-state index in [4.69, 9.17) is 10.5 Å². The van der Waals surface area contributed by atoms with E-state index < -0.39 is 0 Å². The van der Waals surface area contributed by atoms with Crippen LogP contribution in [0.15, 0.2) is 18.2 Å². The molecule has 2 N–H and O–H groups in total. The van der Waals surface area contributed by atoms with Gasteiger partial charge in [-0.05, 0) is 35.0 Å². The summed E-state index contributed by atoms with van der Waals surface area (Å²) in [5.74, 6) is 0.179. The summed E-state index contributed by atoms with van der Waals surface area (Å²) in [5, 5.41) is 11.9. The Balaban J connectivity index is 1.99. The van der Waals surface area contributed by atoms with Gasteiger partial charge in [-0.2, -0.15) is 0 Å². The van der Waals surface area contributed by atoms with Crippen LogP contribution >= 0.6 is 0 Å². The second-order valence-corrected chi connectivity index (χ2v) is 5.98. The molecule has 0 radical (unpaired) electrons. The maximum absolute atomic E-state index is 13.2. The van der Waals surface area contributed by atoms with Gasteiger partial charge in [-0.25, -0.2) is 9.07 Å². The molecule has 2 unspecified atom stereocenters. The Bertz CT molecular complexity index is 669. The summed E-state index contributed by atoms with van der Waals surface area (Å²) in [6, 6.07) is 4.36. The molecule has 6 nitrogen and oxygen atoms in total. The van der Waals surface area contributed by atoms with Gasteiger partial charge < -0.3 is 10.5 Å². The summed E-state index contributed by atoms with van der Waals surface area (Å²) < 4.78 is 20.4. The van der Waals surface area contributed by atoms with Crippen LogP contribution in [0.4, 0.5) is 10.1 Å². The maximum Gasteiger partial charge on any atom is 0.184 e. The van der Waals surface area contributed by atoms with Crippen molar-refractivity contribution in [2.24, 2.45) is 5.41 Å². The molecule has 1 fully saturated rings. The molecule has 1 aromatic heterocycles. The maximum atomic E-state index is 13.2. The van der Waals surface area contributed by atoms with E-state index in [0.717, 1.165) is 6.42 Å². The van der Waals surface area contributed by atoms with Crippen LogP contribution in [0.5, 0.6) is 0 Å². The molecule has 1 aliphatic carbocycles. The lowest BCUT2D eigenvalue weighted by molar-refractivity contribution is -0.116. The van der Waals surface area contributed by atoms with E-state index in [0.29, 0.717) is 17.1 Å². The van der Waals surface area contributed by atoms with Crippen LogP contribution in [-0.2, 0) is 4.74 Å². The zero-order chi connectivity index (χ0) is 15.2. The van der Waals surface area contributed by atoms with Crippen LogP contribution in [0.25, 0.3) is 11.4 Å². The van der Waals surface area contributed by atoms with Gasteiger partial charge in [0.1, 0.15) is 5.82 Å². The number of nitrogens with two attached hydrogens (primary N) is 1. The van der Waals surface area contributed by atoms with Crippen molar-refractivity contribution >= 4 is 5.69 Å². The predicted octanol–water partition coefficient (Wildman–Crippen LogP) is 2.05. The minimum absolute atomic E-state index is 0.0757. The molecule has 0 aliphatic heterocycles. The minimum Gasteiger partial charge on any atom is -0.398 e. The van der Waals surface area contributed by atoms with Crippen molar-refractivity contribution in [3.05, 3.63) is 24.0 Å². The highest BCUT2D eigenvalue weighted by Crippen LogP contribution is 2.51. The Kier molecular flexibility index (Phi) is 3.16. The van der Waals surface area contributed by atoms with Crippen LogP contribution in [0.3, 0.4) is 0 Å². The molecule has 1 saturated carbocycles. The number of benzene rings is 1. The highest BCUT2D eigenvalue weighted by molar-refractivity contribution is 5.71. The first-order valence-corrected chi connectivity index (χ1v) is 6.81. The number of ether oxygens (including phenoxy) is 1. The third kappa shape index (κ3) is 2.08. The number of nitrogen functional groups attached to an aromatic ring is 1. The van der Waals surface area contributed by atoms with Gasteiger partial charge in [0.2, 0.25) is 0 Å². The molecule has 0 amide bonds. The number of hydrogen-bond donors (Lipinski definition) is 1. The number of rotatable bonds is 3. The Morgan fingerprint density at radius 3 is 2.81 bits per heavy atom. The molecule has 0 spiro atoms. The second kappa shape index (κ2) is 4.77. The smallest absolute Gasteiger partial charge is 0.184 e. The molecule has 0 saturated heterocycles. The molecule has 1 aromatic carbocycles. The lowest BCUT2D eigenvalue weighted by Crippen LogP contribution is -2.51. The molecule has 1 aliphatic rings. The van der Waals surface area contributed by atoms with Gasteiger partial charge in [0.15, 0.2) is 5.82 Å². The fourth-order valence-corrected chi connectivity index (χ4v) is 3.00. The van der Waals surface area contributed by atoms with E-state index >= 15 is 0 Å². The number of methoxy groups -OCH3 is 1. The summed E-state index contributed by atoms with van der Waals surface area (Å²) in [5.41, 5.74) is 6.78. The summed E-state index contributed by atoms with van der Waals surface area (Å²) in [4.78, 5) is 0. The van der Waals surface area contributed by atoms with E-state index in [1.165, 1.54) is 12.1 Å². The van der Waals surface area contributed by atoms with E-state index in [9.17, 15) is 4.39 Å². The van der Waals surface area contributed by atoms with Crippen LogP contribution in [0.1, 0.15) is 26.3 Å². The standard InChI is InChI=1S/C14H18FN5O/c1-14(2)11(7-12(14)21-3)20-13(17-18-19-20)9-5-4-8(15)6-10(9)16/h4-6,11-12H,7,16H2,1-3H3. The van der Waals surface area contributed by atoms with Crippen LogP contribution in [0, 0.1) is 11.2 Å². The van der Waals surface area contributed by atoms with Gasteiger partial charge in [0.05, 0.1) is 12.1 Å². The van der Waals surface area contributed by atoms with Crippen molar-refractivity contribution in [2.45, 2.75) is 32.4 Å². The number of aromatic nitrogens is 4. The van der Waals surface area contributed by atoms with Crippen molar-refractivity contribution in [3.8, 4) is 11.4 Å². The largest absolute Gasteiger partial charge is 0.398 e. The van der Waals surface area contributed by atoms with Crippen LogP contribution in [0.2, 0.25) is 0 Å². The predicted molar refractivity (Wildman–Crippen MR) is 75.9 cm³/mol. The van der Waals surface area contributed by atoms with Gasteiger partial charge in [-0.1, -0.05) is 13.8 Å². The summed E-state index contributed by atoms with van der Waals surface area (Å²) in [6.45, 7) is 4.24. The van der Waals surface area contributed by atoms with E-state index in [2.05, 4.69) is 29.4 Å². The number of halogens is 1. The van der Waals surface area contributed by atoms with Gasteiger partial charge in [-0.3, -0.25) is 0 Å². The molecular formula is C14H18FN5O. The fourth-order valence-electron chi connectivity index (χ4n) is 3.00. The zero-order valence-electron chi connectivity index (χ0n) is 12.2. The average Bonchev–Trinajstić information content (AvgIpc) is 2.87. The highest BCUT2D eigenvalue weighted by atomic mass is 19.1. The van der Waals surface area contributed by atoms with E-state index in [-0.39, 0.29) is 23.4 Å². The molecule has 2 atom stereocenters. The first kappa shape index (κ1) is 13.9. The lowest BCUT2D eigenvalue weighted by atomic mass is 9.64. The summed E-state index contributed by atoms with van der Waals surface area (Å²) >= 11 is 0. The van der Waals surface area contributed by atoms with Gasteiger partial charge in [-0.15, -0.1) is 5.10 Å². The van der Waals surface area contributed by atoms with Crippen LogP contribution in [-0.4, -0.2) is 33.4 Å². The molecule has 112 valence electrons. The Labute approximate surface area is 122 Å². The van der Waals surface area contributed by atoms with Crippen molar-refractivity contribution < 1.29 is 9.13 Å². The Hall–Kier alpha value is -2.02. The fraction of sp³-hybridized carbons (Fsp3) is 0.500. The molecule has 1 heterocycles. The third-order valence-corrected chi connectivity index (χ3v) is 4.45. The average molecular weight is 291 g/mol. The van der Waals surface area contributed by atoms with Crippen LogP contribution < -0.4 is 5.73 Å². The number of nitrogens with zero attached hydrogens (tertiary/aromatic N) is 4. The Morgan fingerprint density at radius 2 is 2.19 bits per heavy atom. The molecule has 0 bridgehead atoms. The second-order valence-electron chi connectivity index (χ2n) is 5.98. The SMILES string of the molecule is COC1CC(n2nnnc2-c2ccc(F)cc2N)C1(C)C. The molecule has 21 heavy (non-hydrogen) atoms. The van der Waals surface area contributed by atoms with Gasteiger partial charge >= 0.3 is 0 Å². The topological polar surface area (TPSA) is 78.8 Å². The van der Waals surface area contributed by atoms with Gasteiger partial charge in [0.25, 0.3) is 0 Å². The molecule has 2 aromatic rings. The summed E-state index contributed by atoms with van der Waals surface area (Å²) in [7, 11) is 1.71. The molecular weight excluding hydrogens is 273 g/mol. The highest BCUT2D eigenvalue weighted by Gasteiger charge is 2.51. The monoisotopic (exact) mass is 291 g/mol. The first-order chi connectivity index (χ1) is 9.95. The van der Waals surface area contributed by atoms with E-state index in [1.807, 2.05) is 0 Å². The molecule has 3 rings (SSSR count). The Morgan fingerprint density at radius 1 is 1.43 bits per heavy atom. The van der Waals surface area contributed by atoms with E-state index in [1.54, 1.807) is 17.9 Å². The third-order valence-electron chi connectivity index (χ3n) is 4.45. The quantitative estimate of drug-likeness (QED) is 0.876. The van der Waals surface area contributed by atoms with Crippen molar-refractivity contribution in [1.82, 2.24) is 20.2 Å². The number of hydrogen-bond acceptors (Lipinski definition) is 5. The van der Waals surface area contributed by atoms with Crippen molar-refractivity contribution in [3.63, 3.8) is 0 Å². The normalized spacial score (nSPS) is 23.8. The molecule has 7 heteroatoms. The van der Waals surface area contributed by atoms with Gasteiger partial charge in [0, 0.05) is 23.8 Å². The zero-order valence-corrected chi connectivity index (χ0v) is 12.2. The number of tetrazole rings is 1. The number of anilines is 1. The lowest BCUT2D eigenvalue weighted by Gasteiger charge is -2.50. The minimum atomic E-state index is -0.376. The summed E-state index contributed by atoms with van der Waals surface area (Å²) in [6.07, 6.45) is 1.01.